The van der Waals surface area contributed by atoms with Crippen molar-refractivity contribution < 1.29 is 9.59 Å². The van der Waals surface area contributed by atoms with E-state index in [1.807, 2.05) is 28.9 Å². The minimum Gasteiger partial charge on any atom is -0.340 e. The zero-order chi connectivity index (χ0) is 15.6. The van der Waals surface area contributed by atoms with Crippen molar-refractivity contribution in [2.24, 2.45) is 0 Å². The zero-order valence-electron chi connectivity index (χ0n) is 13.1. The van der Waals surface area contributed by atoms with Crippen LogP contribution in [0.3, 0.4) is 0 Å². The smallest absolute Gasteiger partial charge is 0.227 e. The normalized spacial score (nSPS) is 25.0. The Morgan fingerprint density at radius 3 is 2.82 bits per heavy atom. The predicted octanol–water partition coefficient (Wildman–Crippen LogP) is 1.63. The average molecular weight is 301 g/mol. The lowest BCUT2D eigenvalue weighted by Crippen LogP contribution is -2.57. The van der Waals surface area contributed by atoms with Crippen LogP contribution in [0.4, 0.5) is 0 Å². The quantitative estimate of drug-likeness (QED) is 0.852. The molecule has 3 heterocycles. The number of nitrogens with zero attached hydrogens (tertiary/aromatic N) is 3. The minimum atomic E-state index is -0.113. The second-order valence-electron chi connectivity index (χ2n) is 6.31. The van der Waals surface area contributed by atoms with Gasteiger partial charge in [-0.15, -0.1) is 0 Å². The van der Waals surface area contributed by atoms with Crippen LogP contribution in [0.5, 0.6) is 0 Å². The molecule has 0 saturated carbocycles. The molecule has 2 saturated heterocycles. The summed E-state index contributed by atoms with van der Waals surface area (Å²) in [6, 6.07) is 3.77. The molecule has 118 valence electrons. The van der Waals surface area contributed by atoms with Gasteiger partial charge in [-0.3, -0.25) is 14.6 Å². The number of carbonyl (C=O) groups excluding carboxylic acids is 2. The maximum Gasteiger partial charge on any atom is 0.227 e. The van der Waals surface area contributed by atoms with Crippen molar-refractivity contribution in [2.45, 2.75) is 44.6 Å². The Balaban J connectivity index is 1.70. The molecule has 1 atom stereocenters. The molecule has 0 radical (unpaired) electrons. The Morgan fingerprint density at radius 2 is 2.09 bits per heavy atom. The van der Waals surface area contributed by atoms with E-state index in [1.54, 1.807) is 12.4 Å². The molecule has 5 heteroatoms. The van der Waals surface area contributed by atoms with Crippen molar-refractivity contribution in [3.63, 3.8) is 0 Å². The van der Waals surface area contributed by atoms with Crippen molar-refractivity contribution in [3.05, 3.63) is 30.1 Å². The SMILES string of the molecule is CCN1C(=O)CCC12CCCN(C(=O)Cc1ccncc1)C2. The molecule has 1 spiro atoms. The first-order chi connectivity index (χ1) is 10.6. The van der Waals surface area contributed by atoms with E-state index < -0.39 is 0 Å². The number of hydrogen-bond donors (Lipinski definition) is 0. The van der Waals surface area contributed by atoms with Crippen LogP contribution in [0.15, 0.2) is 24.5 Å². The first kappa shape index (κ1) is 15.0. The molecule has 2 amide bonds. The van der Waals surface area contributed by atoms with Crippen LogP contribution in [0.25, 0.3) is 0 Å². The first-order valence-corrected chi connectivity index (χ1v) is 8.12. The number of piperidine rings is 1. The van der Waals surface area contributed by atoms with Crippen molar-refractivity contribution in [1.82, 2.24) is 14.8 Å². The first-order valence-electron chi connectivity index (χ1n) is 8.12. The summed E-state index contributed by atoms with van der Waals surface area (Å²) >= 11 is 0. The molecule has 2 aliphatic rings. The van der Waals surface area contributed by atoms with Gasteiger partial charge in [-0.2, -0.15) is 0 Å². The number of rotatable bonds is 3. The van der Waals surface area contributed by atoms with Crippen molar-refractivity contribution in [1.29, 1.82) is 0 Å². The summed E-state index contributed by atoms with van der Waals surface area (Å²) in [6.45, 7) is 4.27. The van der Waals surface area contributed by atoms with Crippen LogP contribution < -0.4 is 0 Å². The standard InChI is InChI=1S/C17H23N3O2/c1-2-20-15(21)4-8-17(20)7-3-11-19(13-17)16(22)12-14-5-9-18-10-6-14/h5-6,9-10H,2-4,7-8,11-13H2,1H3. The van der Waals surface area contributed by atoms with Crippen LogP contribution in [0.2, 0.25) is 0 Å². The van der Waals surface area contributed by atoms with Gasteiger partial charge in [-0.1, -0.05) is 0 Å². The van der Waals surface area contributed by atoms with Gasteiger partial charge < -0.3 is 9.80 Å². The summed E-state index contributed by atoms with van der Waals surface area (Å²) in [5.41, 5.74) is 0.882. The van der Waals surface area contributed by atoms with E-state index >= 15 is 0 Å². The summed E-state index contributed by atoms with van der Waals surface area (Å²) in [5.74, 6) is 0.395. The molecule has 1 aromatic rings. The molecule has 1 aromatic heterocycles. The second-order valence-corrected chi connectivity index (χ2v) is 6.31. The lowest BCUT2D eigenvalue weighted by atomic mass is 9.86. The third-order valence-electron chi connectivity index (χ3n) is 5.01. The Hall–Kier alpha value is -1.91. The molecule has 0 aromatic carbocycles. The summed E-state index contributed by atoms with van der Waals surface area (Å²) in [5, 5.41) is 0. The molecule has 2 fully saturated rings. The van der Waals surface area contributed by atoms with Crippen LogP contribution >= 0.6 is 0 Å². The third kappa shape index (κ3) is 2.72. The Bertz CT molecular complexity index is 560. The van der Waals surface area contributed by atoms with Gasteiger partial charge in [0.1, 0.15) is 0 Å². The van der Waals surface area contributed by atoms with Crippen molar-refractivity contribution in [2.75, 3.05) is 19.6 Å². The molecular formula is C17H23N3O2. The number of amides is 2. The number of carbonyl (C=O) groups is 2. The van der Waals surface area contributed by atoms with E-state index in [0.717, 1.165) is 37.9 Å². The topological polar surface area (TPSA) is 53.5 Å². The largest absolute Gasteiger partial charge is 0.340 e. The highest BCUT2D eigenvalue weighted by Crippen LogP contribution is 2.37. The number of likely N-dealkylation sites (tertiary alicyclic amines) is 2. The summed E-state index contributed by atoms with van der Waals surface area (Å²) < 4.78 is 0. The zero-order valence-corrected chi connectivity index (χ0v) is 13.1. The second kappa shape index (κ2) is 6.07. The number of hydrogen-bond acceptors (Lipinski definition) is 3. The van der Waals surface area contributed by atoms with E-state index in [2.05, 4.69) is 4.98 Å². The van der Waals surface area contributed by atoms with Gasteiger partial charge in [0, 0.05) is 38.4 Å². The fourth-order valence-corrected chi connectivity index (χ4v) is 3.92. The molecule has 0 aliphatic carbocycles. The van der Waals surface area contributed by atoms with Gasteiger partial charge in [0.25, 0.3) is 0 Å². The monoisotopic (exact) mass is 301 g/mol. The highest BCUT2D eigenvalue weighted by atomic mass is 16.2. The van der Waals surface area contributed by atoms with E-state index in [9.17, 15) is 9.59 Å². The fourth-order valence-electron chi connectivity index (χ4n) is 3.92. The highest BCUT2D eigenvalue weighted by molar-refractivity contribution is 5.81. The van der Waals surface area contributed by atoms with Gasteiger partial charge in [-0.05, 0) is 43.9 Å². The molecule has 0 bridgehead atoms. The molecule has 0 N–H and O–H groups in total. The van der Waals surface area contributed by atoms with E-state index in [-0.39, 0.29) is 17.4 Å². The average Bonchev–Trinajstić information content (AvgIpc) is 2.83. The molecule has 5 nitrogen and oxygen atoms in total. The maximum atomic E-state index is 12.6. The van der Waals surface area contributed by atoms with Crippen LogP contribution in [0, 0.1) is 0 Å². The lowest BCUT2D eigenvalue weighted by Gasteiger charge is -2.45. The number of pyridine rings is 1. The van der Waals surface area contributed by atoms with Gasteiger partial charge >= 0.3 is 0 Å². The highest BCUT2D eigenvalue weighted by Gasteiger charge is 2.47. The summed E-state index contributed by atoms with van der Waals surface area (Å²) in [7, 11) is 0. The number of likely N-dealkylation sites (N-methyl/N-ethyl adjacent to an activating group) is 1. The van der Waals surface area contributed by atoms with E-state index in [4.69, 9.17) is 0 Å². The van der Waals surface area contributed by atoms with Crippen LogP contribution in [0.1, 0.15) is 38.2 Å². The van der Waals surface area contributed by atoms with E-state index in [0.29, 0.717) is 19.4 Å². The van der Waals surface area contributed by atoms with Gasteiger partial charge in [0.2, 0.25) is 11.8 Å². The minimum absolute atomic E-state index is 0.113. The van der Waals surface area contributed by atoms with E-state index in [1.165, 1.54) is 0 Å². The molecule has 2 aliphatic heterocycles. The van der Waals surface area contributed by atoms with Gasteiger partial charge in [0.05, 0.1) is 12.0 Å². The Morgan fingerprint density at radius 1 is 1.32 bits per heavy atom. The third-order valence-corrected chi connectivity index (χ3v) is 5.01. The fraction of sp³-hybridized carbons (Fsp3) is 0.588. The molecule has 22 heavy (non-hydrogen) atoms. The molecule has 3 rings (SSSR count). The summed E-state index contributed by atoms with van der Waals surface area (Å²) in [4.78, 5) is 32.6. The van der Waals surface area contributed by atoms with Crippen molar-refractivity contribution >= 4 is 11.8 Å². The number of aromatic nitrogens is 1. The summed E-state index contributed by atoms with van der Waals surface area (Å²) in [6.07, 6.45) is 7.36. The van der Waals surface area contributed by atoms with Crippen LogP contribution in [-0.2, 0) is 16.0 Å². The Labute approximate surface area is 131 Å². The Kier molecular flexibility index (Phi) is 4.14. The van der Waals surface area contributed by atoms with Gasteiger partial charge in [-0.25, -0.2) is 0 Å². The van der Waals surface area contributed by atoms with Crippen LogP contribution in [-0.4, -0.2) is 51.8 Å². The van der Waals surface area contributed by atoms with Gasteiger partial charge in [0.15, 0.2) is 0 Å². The maximum absolute atomic E-state index is 12.6. The van der Waals surface area contributed by atoms with Crippen molar-refractivity contribution in [3.8, 4) is 0 Å². The molecular weight excluding hydrogens is 278 g/mol. The molecule has 1 unspecified atom stereocenters. The lowest BCUT2D eigenvalue weighted by molar-refractivity contribution is -0.139. The predicted molar refractivity (Wildman–Crippen MR) is 83.1 cm³/mol.